The summed E-state index contributed by atoms with van der Waals surface area (Å²) in [5, 5.41) is 21.7. The topological polar surface area (TPSA) is 90.2 Å². The van der Waals surface area contributed by atoms with Gasteiger partial charge < -0.3 is 10.2 Å². The van der Waals surface area contributed by atoms with E-state index in [2.05, 4.69) is 5.10 Å². The molecule has 0 heterocycles. The van der Waals surface area contributed by atoms with Crippen LogP contribution in [0.2, 0.25) is 5.02 Å². The molecule has 0 atom stereocenters. The highest BCUT2D eigenvalue weighted by Crippen LogP contribution is 2.16. The van der Waals surface area contributed by atoms with Crippen LogP contribution in [-0.2, 0) is 9.59 Å². The van der Waals surface area contributed by atoms with Gasteiger partial charge in [-0.05, 0) is 12.1 Å². The number of rotatable bonds is 6. The summed E-state index contributed by atoms with van der Waals surface area (Å²) in [5.41, 5.74) is -0.0371. The smallest absolute Gasteiger partial charge is 0.324 e. The summed E-state index contributed by atoms with van der Waals surface area (Å²) in [6, 6.07) is 4.00. The molecule has 0 aliphatic heterocycles. The van der Waals surface area contributed by atoms with E-state index in [1.807, 2.05) is 0 Å². The third-order valence-electron chi connectivity index (χ3n) is 1.99. The number of carbonyl (C=O) groups is 2. The number of nitrogens with zero attached hydrogens (tertiary/aromatic N) is 2. The zero-order valence-electron chi connectivity index (χ0n) is 9.58. The Kier molecular flexibility index (Phi) is 5.25. The van der Waals surface area contributed by atoms with Crippen LogP contribution >= 0.6 is 11.6 Å². The number of hydrogen-bond donors (Lipinski definition) is 2. The first-order valence-corrected chi connectivity index (χ1v) is 5.44. The SMILES string of the molecule is O=C(O)CN(CC(=O)O)/N=C\c1c(F)cccc1Cl. The van der Waals surface area contributed by atoms with Gasteiger partial charge in [-0.15, -0.1) is 0 Å². The number of benzene rings is 1. The van der Waals surface area contributed by atoms with Crippen molar-refractivity contribution in [1.29, 1.82) is 0 Å². The predicted molar refractivity (Wildman–Crippen MR) is 65.8 cm³/mol. The van der Waals surface area contributed by atoms with Crippen LogP contribution in [0.25, 0.3) is 0 Å². The second-order valence-corrected chi connectivity index (χ2v) is 3.90. The van der Waals surface area contributed by atoms with E-state index in [-0.39, 0.29) is 10.6 Å². The van der Waals surface area contributed by atoms with Gasteiger partial charge in [0.2, 0.25) is 0 Å². The molecule has 0 fully saturated rings. The van der Waals surface area contributed by atoms with E-state index >= 15 is 0 Å². The molecule has 1 aromatic rings. The summed E-state index contributed by atoms with van der Waals surface area (Å²) in [5.74, 6) is -3.14. The van der Waals surface area contributed by atoms with Crippen molar-refractivity contribution in [2.24, 2.45) is 5.10 Å². The number of aliphatic carboxylic acids is 2. The Labute approximate surface area is 112 Å². The van der Waals surface area contributed by atoms with Crippen LogP contribution in [0.5, 0.6) is 0 Å². The molecular weight excluding hydrogens is 279 g/mol. The van der Waals surface area contributed by atoms with Gasteiger partial charge in [0.1, 0.15) is 18.9 Å². The lowest BCUT2D eigenvalue weighted by molar-refractivity contribution is -0.141. The van der Waals surface area contributed by atoms with Crippen LogP contribution < -0.4 is 0 Å². The fourth-order valence-electron chi connectivity index (χ4n) is 1.22. The zero-order chi connectivity index (χ0) is 14.4. The Hall–Kier alpha value is -2.15. The average Bonchev–Trinajstić information content (AvgIpc) is 2.26. The van der Waals surface area contributed by atoms with Crippen molar-refractivity contribution in [1.82, 2.24) is 5.01 Å². The molecule has 0 spiro atoms. The minimum absolute atomic E-state index is 0.0371. The van der Waals surface area contributed by atoms with E-state index in [0.29, 0.717) is 0 Å². The first kappa shape index (κ1) is 14.9. The third kappa shape index (κ3) is 4.92. The van der Waals surface area contributed by atoms with Gasteiger partial charge in [0, 0.05) is 5.56 Å². The molecule has 0 aliphatic carbocycles. The number of carboxylic acids is 2. The molecule has 0 aromatic heterocycles. The van der Waals surface area contributed by atoms with Crippen LogP contribution in [0, 0.1) is 5.82 Å². The maximum absolute atomic E-state index is 13.4. The first-order chi connectivity index (χ1) is 8.90. The molecule has 2 N–H and O–H groups in total. The maximum Gasteiger partial charge on any atom is 0.324 e. The Bertz CT molecular complexity index is 485. The molecule has 0 bridgehead atoms. The number of carboxylic acid groups (broad SMARTS) is 2. The van der Waals surface area contributed by atoms with Gasteiger partial charge in [0.15, 0.2) is 0 Å². The number of hydrazone groups is 1. The zero-order valence-corrected chi connectivity index (χ0v) is 10.3. The normalized spacial score (nSPS) is 10.6. The molecule has 0 saturated heterocycles. The van der Waals surface area contributed by atoms with Gasteiger partial charge in [0.05, 0.1) is 11.2 Å². The lowest BCUT2D eigenvalue weighted by Gasteiger charge is -2.13. The van der Waals surface area contributed by atoms with Crippen molar-refractivity contribution in [2.75, 3.05) is 13.1 Å². The van der Waals surface area contributed by atoms with Gasteiger partial charge in [0.25, 0.3) is 0 Å². The third-order valence-corrected chi connectivity index (χ3v) is 2.31. The van der Waals surface area contributed by atoms with Crippen LogP contribution in [0.15, 0.2) is 23.3 Å². The Balaban J connectivity index is 2.91. The highest BCUT2D eigenvalue weighted by atomic mass is 35.5. The van der Waals surface area contributed by atoms with E-state index in [9.17, 15) is 14.0 Å². The molecule has 0 amide bonds. The van der Waals surface area contributed by atoms with Crippen molar-refractivity contribution in [3.05, 3.63) is 34.6 Å². The second kappa shape index (κ2) is 6.69. The van der Waals surface area contributed by atoms with Crippen LogP contribution in [-0.4, -0.2) is 46.5 Å². The average molecular weight is 289 g/mol. The van der Waals surface area contributed by atoms with E-state index < -0.39 is 30.8 Å². The first-order valence-electron chi connectivity index (χ1n) is 5.06. The summed E-state index contributed by atoms with van der Waals surface area (Å²) in [6.07, 6.45) is 0.990. The molecule has 8 heteroatoms. The van der Waals surface area contributed by atoms with Crippen LogP contribution in [0.3, 0.4) is 0 Å². The molecule has 0 aliphatic rings. The summed E-state index contributed by atoms with van der Waals surface area (Å²) in [6.45, 7) is -1.23. The summed E-state index contributed by atoms with van der Waals surface area (Å²) in [4.78, 5) is 21.1. The minimum atomic E-state index is -1.25. The van der Waals surface area contributed by atoms with Crippen LogP contribution in [0.1, 0.15) is 5.56 Å². The standard InChI is InChI=1S/C11H10ClFN2O4/c12-8-2-1-3-9(13)7(8)4-14-15(5-10(16)17)6-11(18)19/h1-4H,5-6H2,(H,16,17)(H,18,19)/b14-4-. The van der Waals surface area contributed by atoms with Crippen molar-refractivity contribution >= 4 is 29.8 Å². The fraction of sp³-hybridized carbons (Fsp3) is 0.182. The van der Waals surface area contributed by atoms with Crippen molar-refractivity contribution in [3.63, 3.8) is 0 Å². The van der Waals surface area contributed by atoms with Gasteiger partial charge in [-0.1, -0.05) is 17.7 Å². The predicted octanol–water partition coefficient (Wildman–Crippen LogP) is 1.28. The lowest BCUT2D eigenvalue weighted by atomic mass is 10.2. The second-order valence-electron chi connectivity index (χ2n) is 3.49. The Morgan fingerprint density at radius 2 is 1.89 bits per heavy atom. The monoisotopic (exact) mass is 288 g/mol. The van der Waals surface area contributed by atoms with E-state index in [0.717, 1.165) is 17.3 Å². The largest absolute Gasteiger partial charge is 0.480 e. The maximum atomic E-state index is 13.4. The molecule has 0 unspecified atom stereocenters. The van der Waals surface area contributed by atoms with E-state index in [1.54, 1.807) is 0 Å². The molecular formula is C11H10ClFN2O4. The Morgan fingerprint density at radius 1 is 1.32 bits per heavy atom. The Morgan fingerprint density at radius 3 is 2.37 bits per heavy atom. The summed E-state index contributed by atoms with van der Waals surface area (Å²) in [7, 11) is 0. The number of halogens is 2. The quantitative estimate of drug-likeness (QED) is 0.608. The van der Waals surface area contributed by atoms with Gasteiger partial charge in [-0.25, -0.2) is 4.39 Å². The number of hydrogen-bond acceptors (Lipinski definition) is 4. The molecule has 1 aromatic carbocycles. The fourth-order valence-corrected chi connectivity index (χ4v) is 1.44. The van der Waals surface area contributed by atoms with E-state index in [4.69, 9.17) is 21.8 Å². The molecule has 19 heavy (non-hydrogen) atoms. The summed E-state index contributed by atoms with van der Waals surface area (Å²) < 4.78 is 13.4. The minimum Gasteiger partial charge on any atom is -0.480 e. The van der Waals surface area contributed by atoms with Crippen molar-refractivity contribution in [2.45, 2.75) is 0 Å². The van der Waals surface area contributed by atoms with Crippen LogP contribution in [0.4, 0.5) is 4.39 Å². The molecule has 1 rings (SSSR count). The van der Waals surface area contributed by atoms with Gasteiger partial charge >= 0.3 is 11.9 Å². The molecule has 0 saturated carbocycles. The molecule has 0 radical (unpaired) electrons. The lowest BCUT2D eigenvalue weighted by Crippen LogP contribution is -2.30. The summed E-state index contributed by atoms with van der Waals surface area (Å²) >= 11 is 5.74. The van der Waals surface area contributed by atoms with Crippen molar-refractivity contribution in [3.8, 4) is 0 Å². The van der Waals surface area contributed by atoms with Crippen molar-refractivity contribution < 1.29 is 24.2 Å². The van der Waals surface area contributed by atoms with Gasteiger partial charge in [-0.3, -0.25) is 14.6 Å². The molecule has 6 nitrogen and oxygen atoms in total. The van der Waals surface area contributed by atoms with Gasteiger partial charge in [-0.2, -0.15) is 5.10 Å². The van der Waals surface area contributed by atoms with E-state index in [1.165, 1.54) is 12.1 Å². The highest BCUT2D eigenvalue weighted by Gasteiger charge is 2.11. The highest BCUT2D eigenvalue weighted by molar-refractivity contribution is 6.33. The molecule has 102 valence electrons.